The van der Waals surface area contributed by atoms with E-state index in [-0.39, 0.29) is 0 Å². The molecule has 0 radical (unpaired) electrons. The van der Waals surface area contributed by atoms with Crippen molar-refractivity contribution in [2.75, 3.05) is 0 Å². The lowest BCUT2D eigenvalue weighted by Gasteiger charge is -2.00. The van der Waals surface area contributed by atoms with E-state index in [0.717, 1.165) is 6.42 Å². The van der Waals surface area contributed by atoms with E-state index in [9.17, 15) is 0 Å². The summed E-state index contributed by atoms with van der Waals surface area (Å²) in [6.07, 6.45) is 4.17. The second-order valence-electron chi connectivity index (χ2n) is 1.53. The van der Waals surface area contributed by atoms with E-state index < -0.39 is 0 Å². The first-order valence-electron chi connectivity index (χ1n) is 2.31. The second-order valence-corrected chi connectivity index (χ2v) is 1.53. The van der Waals surface area contributed by atoms with Gasteiger partial charge in [-0.15, -0.1) is 0 Å². The van der Waals surface area contributed by atoms with Crippen LogP contribution in [0.1, 0.15) is 27.2 Å². The Balaban J connectivity index is 3.14. The molecule has 0 heterocycles. The van der Waals surface area contributed by atoms with E-state index in [2.05, 4.69) is 26.8 Å². The molecule has 0 spiro atoms. The molecule has 0 aliphatic rings. The Bertz CT molecular complexity index is 47.1. The van der Waals surface area contributed by atoms with Gasteiger partial charge >= 0.3 is 0 Å². The molecule has 0 N–H and O–H groups in total. The third-order valence-corrected chi connectivity index (χ3v) is 0.530. The first-order chi connectivity index (χ1) is 2.77. The molecule has 0 rings (SSSR count). The van der Waals surface area contributed by atoms with Crippen LogP contribution < -0.4 is 0 Å². The van der Waals surface area contributed by atoms with Gasteiger partial charge in [0.25, 0.3) is 0 Å². The maximum absolute atomic E-state index is 3.12. The van der Waals surface area contributed by atoms with Gasteiger partial charge in [0, 0.05) is 0 Å². The summed E-state index contributed by atoms with van der Waals surface area (Å²) < 4.78 is 0. The second kappa shape index (κ2) is 2.95. The minimum Gasteiger partial charge on any atom is -0.498 e. The van der Waals surface area contributed by atoms with Gasteiger partial charge in [-0.05, 0) is 0 Å². The Kier molecular flexibility index (Phi) is 2.82. The topological polar surface area (TPSA) is 0 Å². The van der Waals surface area contributed by atoms with Crippen molar-refractivity contribution in [2.45, 2.75) is 27.2 Å². The Morgan fingerprint density at radius 3 is 2.00 bits per heavy atom. The molecule has 0 heteroatoms. The summed E-state index contributed by atoms with van der Waals surface area (Å²) in [5.74, 6) is 0. The molecule has 0 aliphatic heterocycles. The highest BCUT2D eigenvalue weighted by Crippen LogP contribution is 1.87. The van der Waals surface area contributed by atoms with Crippen molar-refractivity contribution in [1.82, 2.24) is 0 Å². The number of hydrogen-bond donors (Lipinski definition) is 0. The van der Waals surface area contributed by atoms with Crippen molar-refractivity contribution in [3.05, 3.63) is 11.6 Å². The van der Waals surface area contributed by atoms with Crippen LogP contribution in [0.3, 0.4) is 0 Å². The highest BCUT2D eigenvalue weighted by molar-refractivity contribution is 4.84. The molecule has 0 aromatic rings. The maximum atomic E-state index is 3.12. The molecule has 0 aromatic carbocycles. The van der Waals surface area contributed by atoms with Crippen molar-refractivity contribution < 1.29 is 0 Å². The molecule has 0 amide bonds. The fourth-order valence-electron chi connectivity index (χ4n) is 0.354. The van der Waals surface area contributed by atoms with Crippen LogP contribution in [-0.2, 0) is 0 Å². The molecule has 0 atom stereocenters. The van der Waals surface area contributed by atoms with Crippen molar-refractivity contribution in [2.24, 2.45) is 0 Å². The summed E-state index contributed by atoms with van der Waals surface area (Å²) in [4.78, 5) is 0. The van der Waals surface area contributed by atoms with Crippen LogP contribution in [0.4, 0.5) is 0 Å². The molecule has 0 fully saturated rings. The van der Waals surface area contributed by atoms with E-state index >= 15 is 0 Å². The largest absolute Gasteiger partial charge is 0.498 e. The third-order valence-electron chi connectivity index (χ3n) is 0.530. The predicted molar refractivity (Wildman–Crippen MR) is 28.4 cm³/mol. The van der Waals surface area contributed by atoms with Gasteiger partial charge in [0.1, 0.15) is 0 Å². The Hall–Kier alpha value is -0.260. The number of rotatable bonds is 1. The average molecular weight is 83.2 g/mol. The lowest BCUT2D eigenvalue weighted by Crippen LogP contribution is -1.60. The molecule has 0 saturated heterocycles. The van der Waals surface area contributed by atoms with E-state index in [0.29, 0.717) is 0 Å². The highest BCUT2D eigenvalue weighted by atomic mass is 13.7. The summed E-state index contributed by atoms with van der Waals surface area (Å²) in [5.41, 5.74) is 1.29. The monoisotopic (exact) mass is 83.1 g/mol. The van der Waals surface area contributed by atoms with Gasteiger partial charge in [0.2, 0.25) is 0 Å². The molecule has 0 aliphatic carbocycles. The zero-order chi connectivity index (χ0) is 4.99. The van der Waals surface area contributed by atoms with Gasteiger partial charge < -0.3 is 6.08 Å². The predicted octanol–water partition coefficient (Wildman–Crippen LogP) is 2.17. The molecule has 0 nitrogen and oxygen atoms in total. The average Bonchev–Trinajstić information content (AvgIpc) is 1.35. The first-order valence-corrected chi connectivity index (χ1v) is 2.31. The molecular formula is C6H11-. The quantitative estimate of drug-likeness (QED) is 0.426. The van der Waals surface area contributed by atoms with Gasteiger partial charge in [-0.1, -0.05) is 20.8 Å². The highest BCUT2D eigenvalue weighted by Gasteiger charge is 1.50. The zero-order valence-electron chi connectivity index (χ0n) is 4.71. The molecule has 0 unspecified atom stereocenters. The van der Waals surface area contributed by atoms with Crippen LogP contribution in [0, 0.1) is 6.08 Å². The molecule has 36 valence electrons. The molecule has 6 heavy (non-hydrogen) atoms. The van der Waals surface area contributed by atoms with Crippen LogP contribution in [0.2, 0.25) is 0 Å². The summed E-state index contributed by atoms with van der Waals surface area (Å²) >= 11 is 0. The van der Waals surface area contributed by atoms with E-state index in [1.807, 2.05) is 0 Å². The summed E-state index contributed by atoms with van der Waals surface area (Å²) in [5, 5.41) is 0. The molecule has 0 bridgehead atoms. The van der Waals surface area contributed by atoms with Gasteiger partial charge in [-0.3, -0.25) is 5.57 Å². The van der Waals surface area contributed by atoms with Crippen LogP contribution in [0.5, 0.6) is 0 Å². The SMILES string of the molecule is CC[C-]=C(C)C. The zero-order valence-corrected chi connectivity index (χ0v) is 4.71. The smallest absolute Gasteiger partial charge is 0.0766 e. The molecule has 0 aromatic heterocycles. The van der Waals surface area contributed by atoms with Crippen molar-refractivity contribution >= 4 is 0 Å². The fraction of sp³-hybridized carbons (Fsp3) is 0.667. The summed E-state index contributed by atoms with van der Waals surface area (Å²) in [7, 11) is 0. The summed E-state index contributed by atoms with van der Waals surface area (Å²) in [6, 6.07) is 0. The van der Waals surface area contributed by atoms with Gasteiger partial charge in [0.05, 0.1) is 0 Å². The third kappa shape index (κ3) is 3.74. The maximum Gasteiger partial charge on any atom is -0.0766 e. The minimum atomic E-state index is 1.04. The Morgan fingerprint density at radius 2 is 2.00 bits per heavy atom. The lowest BCUT2D eigenvalue weighted by molar-refractivity contribution is 1.13. The van der Waals surface area contributed by atoms with E-state index in [1.165, 1.54) is 5.57 Å². The fourth-order valence-corrected chi connectivity index (χ4v) is 0.354. The first kappa shape index (κ1) is 5.74. The van der Waals surface area contributed by atoms with Gasteiger partial charge in [-0.2, -0.15) is 6.42 Å². The van der Waals surface area contributed by atoms with Crippen molar-refractivity contribution in [3.8, 4) is 0 Å². The molecular weight excluding hydrogens is 72.1 g/mol. The Labute approximate surface area is 39.9 Å². The molecule has 0 saturated carbocycles. The minimum absolute atomic E-state index is 1.04. The van der Waals surface area contributed by atoms with Crippen LogP contribution >= 0.6 is 0 Å². The van der Waals surface area contributed by atoms with Gasteiger partial charge in [0.15, 0.2) is 0 Å². The van der Waals surface area contributed by atoms with E-state index in [4.69, 9.17) is 0 Å². The van der Waals surface area contributed by atoms with Crippen molar-refractivity contribution in [1.29, 1.82) is 0 Å². The van der Waals surface area contributed by atoms with Crippen LogP contribution in [0.25, 0.3) is 0 Å². The van der Waals surface area contributed by atoms with Crippen LogP contribution in [-0.4, -0.2) is 0 Å². The number of allylic oxidation sites excluding steroid dienone is 2. The Morgan fingerprint density at radius 1 is 1.50 bits per heavy atom. The normalized spacial score (nSPS) is 7.83. The lowest BCUT2D eigenvalue weighted by atomic mass is 10.3. The number of hydrogen-bond acceptors (Lipinski definition) is 0. The standard InChI is InChI=1S/C6H11/c1-4-5-6(2)3/h4H2,1-3H3/q-1. The van der Waals surface area contributed by atoms with E-state index in [1.54, 1.807) is 0 Å². The van der Waals surface area contributed by atoms with Crippen LogP contribution in [0.15, 0.2) is 5.57 Å². The summed E-state index contributed by atoms with van der Waals surface area (Å²) in [6.45, 7) is 6.21. The van der Waals surface area contributed by atoms with Crippen molar-refractivity contribution in [3.63, 3.8) is 0 Å². The van der Waals surface area contributed by atoms with Gasteiger partial charge in [-0.25, -0.2) is 0 Å².